The summed E-state index contributed by atoms with van der Waals surface area (Å²) in [6, 6.07) is 14.8. The van der Waals surface area contributed by atoms with Crippen molar-refractivity contribution in [1.82, 2.24) is 4.98 Å². The number of anilines is 1. The van der Waals surface area contributed by atoms with Crippen molar-refractivity contribution in [3.63, 3.8) is 0 Å². The molecule has 0 fully saturated rings. The second-order valence-corrected chi connectivity index (χ2v) is 6.88. The number of carbonyl (C=O) groups excluding carboxylic acids is 2. The first-order chi connectivity index (χ1) is 13.0. The van der Waals surface area contributed by atoms with E-state index in [4.69, 9.17) is 10.5 Å². The number of nitrogens with zero attached hydrogens (tertiary/aromatic N) is 1. The van der Waals surface area contributed by atoms with Gasteiger partial charge in [-0.15, -0.1) is 11.3 Å². The molecule has 3 rings (SSSR count). The molecule has 2 amide bonds. The SMILES string of the molecule is Cc1cccc(-c2nc(CC(=O)Nc3ccc(OCC(N)=O)cc3)cs2)c1. The lowest BCUT2D eigenvalue weighted by molar-refractivity contribution is -0.120. The van der Waals surface area contributed by atoms with Gasteiger partial charge in [-0.1, -0.05) is 23.8 Å². The molecule has 0 saturated carbocycles. The summed E-state index contributed by atoms with van der Waals surface area (Å²) in [4.78, 5) is 27.5. The molecule has 27 heavy (non-hydrogen) atoms. The minimum Gasteiger partial charge on any atom is -0.484 e. The monoisotopic (exact) mass is 381 g/mol. The lowest BCUT2D eigenvalue weighted by atomic mass is 10.1. The van der Waals surface area contributed by atoms with Gasteiger partial charge in [-0.3, -0.25) is 9.59 Å². The van der Waals surface area contributed by atoms with Gasteiger partial charge in [0.1, 0.15) is 10.8 Å². The molecule has 0 unspecified atom stereocenters. The van der Waals surface area contributed by atoms with Crippen molar-refractivity contribution < 1.29 is 14.3 Å². The predicted molar refractivity (Wildman–Crippen MR) is 106 cm³/mol. The molecule has 0 aliphatic carbocycles. The number of aryl methyl sites for hydroxylation is 1. The van der Waals surface area contributed by atoms with Crippen LogP contribution in [0.2, 0.25) is 0 Å². The number of aromatic nitrogens is 1. The number of primary amides is 1. The standard InChI is InChI=1S/C20H19N3O3S/c1-13-3-2-4-14(9-13)20-23-16(12-27-20)10-19(25)22-15-5-7-17(8-6-15)26-11-18(21)24/h2-9,12H,10-11H2,1H3,(H2,21,24)(H,22,25). The van der Waals surface area contributed by atoms with E-state index in [0.717, 1.165) is 16.3 Å². The molecule has 0 bridgehead atoms. The van der Waals surface area contributed by atoms with E-state index < -0.39 is 5.91 Å². The van der Waals surface area contributed by atoms with E-state index in [0.29, 0.717) is 11.4 Å². The number of thiazole rings is 1. The lowest BCUT2D eigenvalue weighted by Gasteiger charge is -2.06. The third kappa shape index (κ3) is 5.39. The number of benzene rings is 2. The van der Waals surface area contributed by atoms with Gasteiger partial charge >= 0.3 is 0 Å². The van der Waals surface area contributed by atoms with Gasteiger partial charge in [0.15, 0.2) is 6.61 Å². The normalized spacial score (nSPS) is 10.4. The minimum atomic E-state index is -0.541. The number of amides is 2. The van der Waals surface area contributed by atoms with Crippen molar-refractivity contribution in [2.75, 3.05) is 11.9 Å². The van der Waals surface area contributed by atoms with Crippen LogP contribution < -0.4 is 15.8 Å². The molecule has 0 spiro atoms. The van der Waals surface area contributed by atoms with Crippen molar-refractivity contribution in [3.05, 3.63) is 65.2 Å². The molecular weight excluding hydrogens is 362 g/mol. The first kappa shape index (κ1) is 18.6. The second-order valence-electron chi connectivity index (χ2n) is 6.02. The summed E-state index contributed by atoms with van der Waals surface area (Å²) < 4.78 is 5.18. The van der Waals surface area contributed by atoms with Gasteiger partial charge in [0.05, 0.1) is 12.1 Å². The Hall–Kier alpha value is -3.19. The maximum Gasteiger partial charge on any atom is 0.255 e. The smallest absolute Gasteiger partial charge is 0.255 e. The Labute approximate surface area is 161 Å². The minimum absolute atomic E-state index is 0.151. The van der Waals surface area contributed by atoms with E-state index in [-0.39, 0.29) is 18.9 Å². The fourth-order valence-electron chi connectivity index (χ4n) is 2.46. The molecule has 0 saturated heterocycles. The van der Waals surface area contributed by atoms with Crippen LogP contribution in [-0.4, -0.2) is 23.4 Å². The molecule has 2 aromatic carbocycles. The van der Waals surface area contributed by atoms with Gasteiger partial charge in [-0.25, -0.2) is 4.98 Å². The van der Waals surface area contributed by atoms with Gasteiger partial charge in [-0.2, -0.15) is 0 Å². The third-order valence-electron chi connectivity index (χ3n) is 3.68. The van der Waals surface area contributed by atoms with Crippen LogP contribution in [0, 0.1) is 6.92 Å². The van der Waals surface area contributed by atoms with Gasteiger partial charge in [-0.05, 0) is 37.3 Å². The average Bonchev–Trinajstić information content (AvgIpc) is 3.09. The van der Waals surface area contributed by atoms with Crippen LogP contribution in [-0.2, 0) is 16.0 Å². The van der Waals surface area contributed by atoms with Crippen LogP contribution in [0.3, 0.4) is 0 Å². The van der Waals surface area contributed by atoms with E-state index in [1.807, 2.05) is 30.5 Å². The number of rotatable bonds is 7. The largest absolute Gasteiger partial charge is 0.484 e. The Morgan fingerprint density at radius 1 is 1.19 bits per heavy atom. The molecule has 0 aliphatic rings. The van der Waals surface area contributed by atoms with Crippen LogP contribution in [0.15, 0.2) is 53.9 Å². The highest BCUT2D eigenvalue weighted by atomic mass is 32.1. The van der Waals surface area contributed by atoms with Gasteiger partial charge < -0.3 is 15.8 Å². The van der Waals surface area contributed by atoms with E-state index >= 15 is 0 Å². The van der Waals surface area contributed by atoms with Gasteiger partial charge in [0.2, 0.25) is 5.91 Å². The van der Waals surface area contributed by atoms with Crippen LogP contribution in [0.25, 0.3) is 10.6 Å². The number of hydrogen-bond acceptors (Lipinski definition) is 5. The Morgan fingerprint density at radius 3 is 2.67 bits per heavy atom. The van der Waals surface area contributed by atoms with E-state index in [1.54, 1.807) is 24.3 Å². The van der Waals surface area contributed by atoms with Crippen LogP contribution >= 0.6 is 11.3 Å². The topological polar surface area (TPSA) is 94.3 Å². The number of ether oxygens (including phenoxy) is 1. The summed E-state index contributed by atoms with van der Waals surface area (Å²) in [5, 5.41) is 5.62. The Bertz CT molecular complexity index is 951. The summed E-state index contributed by atoms with van der Waals surface area (Å²) >= 11 is 1.52. The van der Waals surface area contributed by atoms with E-state index in [2.05, 4.69) is 16.4 Å². The first-order valence-corrected chi connectivity index (χ1v) is 9.20. The summed E-state index contributed by atoms with van der Waals surface area (Å²) in [5.41, 5.74) is 8.63. The summed E-state index contributed by atoms with van der Waals surface area (Å²) in [5.74, 6) is -0.184. The van der Waals surface area contributed by atoms with Gasteiger partial charge in [0.25, 0.3) is 5.91 Å². The molecule has 1 aromatic heterocycles. The van der Waals surface area contributed by atoms with Gasteiger partial charge in [0, 0.05) is 16.6 Å². The Balaban J connectivity index is 1.57. The van der Waals surface area contributed by atoms with Crippen molar-refractivity contribution in [1.29, 1.82) is 0 Å². The number of hydrogen-bond donors (Lipinski definition) is 2. The van der Waals surface area contributed by atoms with Crippen LogP contribution in [0.4, 0.5) is 5.69 Å². The lowest BCUT2D eigenvalue weighted by Crippen LogP contribution is -2.20. The summed E-state index contributed by atoms with van der Waals surface area (Å²) in [7, 11) is 0. The predicted octanol–water partition coefficient (Wildman–Crippen LogP) is 3.16. The first-order valence-electron chi connectivity index (χ1n) is 8.32. The number of nitrogens with two attached hydrogens (primary N) is 1. The molecule has 7 heteroatoms. The number of nitrogens with one attached hydrogen (secondary N) is 1. The molecule has 0 radical (unpaired) electrons. The highest BCUT2D eigenvalue weighted by Gasteiger charge is 2.10. The molecule has 0 atom stereocenters. The van der Waals surface area contributed by atoms with Crippen molar-refractivity contribution in [2.45, 2.75) is 13.3 Å². The molecule has 3 N–H and O–H groups in total. The maximum atomic E-state index is 12.2. The van der Waals surface area contributed by atoms with Crippen molar-refractivity contribution >= 4 is 28.8 Å². The molecule has 138 valence electrons. The average molecular weight is 381 g/mol. The van der Waals surface area contributed by atoms with Crippen molar-refractivity contribution in [3.8, 4) is 16.3 Å². The van der Waals surface area contributed by atoms with Crippen LogP contribution in [0.1, 0.15) is 11.3 Å². The van der Waals surface area contributed by atoms with Crippen LogP contribution in [0.5, 0.6) is 5.75 Å². The molecular formula is C20H19N3O3S. The molecule has 0 aliphatic heterocycles. The fourth-order valence-corrected chi connectivity index (χ4v) is 3.27. The van der Waals surface area contributed by atoms with E-state index in [9.17, 15) is 9.59 Å². The number of carbonyl (C=O) groups is 2. The molecule has 3 aromatic rings. The highest BCUT2D eigenvalue weighted by Crippen LogP contribution is 2.25. The third-order valence-corrected chi connectivity index (χ3v) is 4.62. The highest BCUT2D eigenvalue weighted by molar-refractivity contribution is 7.13. The zero-order valence-electron chi connectivity index (χ0n) is 14.8. The van der Waals surface area contributed by atoms with Crippen molar-refractivity contribution in [2.24, 2.45) is 5.73 Å². The summed E-state index contributed by atoms with van der Waals surface area (Å²) in [6.45, 7) is 1.86. The second kappa shape index (κ2) is 8.46. The Kier molecular flexibility index (Phi) is 5.83. The maximum absolute atomic E-state index is 12.2. The molecule has 1 heterocycles. The zero-order valence-corrected chi connectivity index (χ0v) is 15.6. The van der Waals surface area contributed by atoms with E-state index in [1.165, 1.54) is 16.9 Å². The summed E-state index contributed by atoms with van der Waals surface area (Å²) in [6.07, 6.45) is 0.197. The molecule has 6 nitrogen and oxygen atoms in total. The fraction of sp³-hybridized carbons (Fsp3) is 0.150. The Morgan fingerprint density at radius 2 is 1.96 bits per heavy atom. The quantitative estimate of drug-likeness (QED) is 0.657. The zero-order chi connectivity index (χ0) is 19.2.